The molecule has 0 spiro atoms. The highest BCUT2D eigenvalue weighted by molar-refractivity contribution is 5.75. The van der Waals surface area contributed by atoms with E-state index in [9.17, 15) is 4.79 Å². The van der Waals surface area contributed by atoms with Crippen molar-refractivity contribution in [3.63, 3.8) is 0 Å². The Labute approximate surface area is 68.4 Å². The molecule has 68 valence electrons. The van der Waals surface area contributed by atoms with E-state index in [2.05, 4.69) is 0 Å². The van der Waals surface area contributed by atoms with Crippen LogP contribution in [0.4, 0.5) is 0 Å². The van der Waals surface area contributed by atoms with Crippen LogP contribution in [0.5, 0.6) is 0 Å². The van der Waals surface area contributed by atoms with Crippen LogP contribution in [0.15, 0.2) is 0 Å². The summed E-state index contributed by atoms with van der Waals surface area (Å²) < 4.78 is 4.74. The summed E-state index contributed by atoms with van der Waals surface area (Å²) in [6, 6.07) is 0. The van der Waals surface area contributed by atoms with E-state index < -0.39 is 0 Å². The molecule has 0 amide bonds. The predicted molar refractivity (Wildman–Crippen MR) is 44.6 cm³/mol. The molecule has 0 aliphatic heterocycles. The van der Waals surface area contributed by atoms with Crippen LogP contribution in [-0.4, -0.2) is 31.2 Å². The lowest BCUT2D eigenvalue weighted by Crippen LogP contribution is -1.94. The van der Waals surface area contributed by atoms with Crippen molar-refractivity contribution in [2.24, 2.45) is 0 Å². The van der Waals surface area contributed by atoms with Gasteiger partial charge in [-0.1, -0.05) is 0 Å². The van der Waals surface area contributed by atoms with Crippen molar-refractivity contribution in [1.82, 2.24) is 0 Å². The van der Waals surface area contributed by atoms with Crippen molar-refractivity contribution < 1.29 is 14.6 Å². The van der Waals surface area contributed by atoms with Crippen LogP contribution in [-0.2, 0) is 9.53 Å². The van der Waals surface area contributed by atoms with Crippen LogP contribution < -0.4 is 0 Å². The van der Waals surface area contributed by atoms with Gasteiger partial charge in [-0.2, -0.15) is 0 Å². The van der Waals surface area contributed by atoms with E-state index in [-0.39, 0.29) is 12.4 Å². The number of ether oxygens (including phenoxy) is 1. The van der Waals surface area contributed by atoms with Crippen LogP contribution in [0.1, 0.15) is 26.7 Å². The minimum Gasteiger partial charge on any atom is -0.397 e. The highest BCUT2D eigenvalue weighted by Crippen LogP contribution is 1.88. The molecule has 0 atom stereocenters. The number of aliphatic hydroxyl groups is 1. The molecule has 0 fully saturated rings. The smallest absolute Gasteiger partial charge is 0.129 e. The number of aliphatic hydroxyl groups excluding tert-OH is 1. The Kier molecular flexibility index (Phi) is 14.7. The second-order valence-electron chi connectivity index (χ2n) is 2.11. The van der Waals surface area contributed by atoms with E-state index in [4.69, 9.17) is 9.84 Å². The molecule has 0 aromatic rings. The van der Waals surface area contributed by atoms with Gasteiger partial charge in [0, 0.05) is 26.7 Å². The van der Waals surface area contributed by atoms with Crippen LogP contribution in [0.2, 0.25) is 0 Å². The second-order valence-corrected chi connectivity index (χ2v) is 2.11. The minimum absolute atomic E-state index is 0.238. The number of Topliss-reactive ketones (excluding diaryl/α,β-unsaturated/α-hetero) is 1. The van der Waals surface area contributed by atoms with Crippen molar-refractivity contribution in [3.8, 4) is 0 Å². The first-order valence-corrected chi connectivity index (χ1v) is 3.78. The molecule has 0 aliphatic carbocycles. The predicted octanol–water partition coefficient (Wildman–Crippen LogP) is 1.00. The summed E-state index contributed by atoms with van der Waals surface area (Å²) in [6.07, 6.45) is 1.50. The summed E-state index contributed by atoms with van der Waals surface area (Å²) in [4.78, 5) is 10.3. The molecule has 11 heavy (non-hydrogen) atoms. The van der Waals surface area contributed by atoms with Crippen molar-refractivity contribution in [1.29, 1.82) is 0 Å². The number of methoxy groups -OCH3 is 1. The van der Waals surface area contributed by atoms with Crippen LogP contribution >= 0.6 is 0 Å². The molecule has 0 saturated carbocycles. The van der Waals surface area contributed by atoms with Gasteiger partial charge in [0.15, 0.2) is 0 Å². The van der Waals surface area contributed by atoms with E-state index in [0.717, 1.165) is 6.42 Å². The normalized spacial score (nSPS) is 8.36. The number of hydrogen-bond acceptors (Lipinski definition) is 3. The molecule has 0 bridgehead atoms. The Morgan fingerprint density at radius 3 is 2.27 bits per heavy atom. The van der Waals surface area contributed by atoms with E-state index in [0.29, 0.717) is 13.0 Å². The highest BCUT2D eigenvalue weighted by atomic mass is 16.5. The summed E-state index contributed by atoms with van der Waals surface area (Å²) in [6.45, 7) is 4.22. The number of rotatable bonds is 4. The topological polar surface area (TPSA) is 46.5 Å². The molecule has 0 aromatic carbocycles. The summed E-state index contributed by atoms with van der Waals surface area (Å²) >= 11 is 0. The Balaban J connectivity index is 0. The Bertz CT molecular complexity index is 81.4. The average molecular weight is 162 g/mol. The lowest BCUT2D eigenvalue weighted by atomic mass is 10.2. The fourth-order valence-corrected chi connectivity index (χ4v) is 0.465. The van der Waals surface area contributed by atoms with E-state index in [1.807, 2.05) is 0 Å². The number of hydrogen-bond donors (Lipinski definition) is 1. The summed E-state index contributed by atoms with van der Waals surface area (Å²) in [5.74, 6) is 0.238. The molecular weight excluding hydrogens is 144 g/mol. The Hall–Kier alpha value is -0.410. The fraction of sp³-hybridized carbons (Fsp3) is 0.875. The minimum atomic E-state index is 0.238. The zero-order chi connectivity index (χ0) is 9.11. The Morgan fingerprint density at radius 2 is 2.00 bits per heavy atom. The van der Waals surface area contributed by atoms with Gasteiger partial charge in [-0.05, 0) is 20.3 Å². The van der Waals surface area contributed by atoms with Crippen LogP contribution in [0.25, 0.3) is 0 Å². The van der Waals surface area contributed by atoms with Gasteiger partial charge in [0.05, 0.1) is 0 Å². The summed E-state index contributed by atoms with van der Waals surface area (Å²) in [7, 11) is 1.64. The van der Waals surface area contributed by atoms with Crippen molar-refractivity contribution in [2.45, 2.75) is 26.7 Å². The third-order valence-electron chi connectivity index (χ3n) is 0.877. The summed E-state index contributed by atoms with van der Waals surface area (Å²) in [5.41, 5.74) is 0. The van der Waals surface area contributed by atoms with Gasteiger partial charge >= 0.3 is 0 Å². The number of ketones is 1. The van der Waals surface area contributed by atoms with Gasteiger partial charge in [0.2, 0.25) is 0 Å². The lowest BCUT2D eigenvalue weighted by molar-refractivity contribution is -0.117. The lowest BCUT2D eigenvalue weighted by Gasteiger charge is -1.92. The average Bonchev–Trinajstić information content (AvgIpc) is 1.89. The van der Waals surface area contributed by atoms with Crippen molar-refractivity contribution in [2.75, 3.05) is 20.3 Å². The molecule has 1 N–H and O–H groups in total. The van der Waals surface area contributed by atoms with Gasteiger partial charge in [-0.3, -0.25) is 0 Å². The third kappa shape index (κ3) is 26.2. The maximum atomic E-state index is 10.3. The summed E-state index contributed by atoms with van der Waals surface area (Å²) in [5, 5.41) is 7.57. The third-order valence-corrected chi connectivity index (χ3v) is 0.877. The monoisotopic (exact) mass is 162 g/mol. The molecule has 0 unspecified atom stereocenters. The molecule has 0 rings (SSSR count). The molecule has 0 heterocycles. The van der Waals surface area contributed by atoms with Crippen LogP contribution in [0, 0.1) is 0 Å². The maximum absolute atomic E-state index is 10.3. The van der Waals surface area contributed by atoms with E-state index in [1.165, 1.54) is 0 Å². The van der Waals surface area contributed by atoms with Gasteiger partial charge in [-0.25, -0.2) is 0 Å². The van der Waals surface area contributed by atoms with Gasteiger partial charge in [0.25, 0.3) is 0 Å². The molecule has 3 nitrogen and oxygen atoms in total. The zero-order valence-electron chi connectivity index (χ0n) is 7.59. The molecule has 0 saturated heterocycles. The molecule has 0 aliphatic rings. The SMILES string of the molecule is CCO.COCCCC(C)=O. The van der Waals surface area contributed by atoms with Crippen LogP contribution in [0.3, 0.4) is 0 Å². The first kappa shape index (κ1) is 13.2. The standard InChI is InChI=1S/C6H12O2.C2H6O/c1-6(7)4-3-5-8-2;1-2-3/h3-5H2,1-2H3;3H,2H2,1H3. The number of carbonyl (C=O) groups excluding carboxylic acids is 1. The molecule has 0 aromatic heterocycles. The first-order valence-electron chi connectivity index (χ1n) is 3.78. The van der Waals surface area contributed by atoms with E-state index in [1.54, 1.807) is 21.0 Å². The molecule has 0 radical (unpaired) electrons. The fourth-order valence-electron chi connectivity index (χ4n) is 0.465. The zero-order valence-corrected chi connectivity index (χ0v) is 7.59. The maximum Gasteiger partial charge on any atom is 0.129 e. The molecular formula is C8H18O3. The first-order chi connectivity index (χ1) is 5.18. The van der Waals surface area contributed by atoms with Gasteiger partial charge in [-0.15, -0.1) is 0 Å². The molecule has 3 heteroatoms. The van der Waals surface area contributed by atoms with E-state index >= 15 is 0 Å². The van der Waals surface area contributed by atoms with Gasteiger partial charge < -0.3 is 14.6 Å². The van der Waals surface area contributed by atoms with Crippen molar-refractivity contribution >= 4 is 5.78 Å². The second kappa shape index (κ2) is 12.3. The highest BCUT2D eigenvalue weighted by Gasteiger charge is 1.89. The quantitative estimate of drug-likeness (QED) is 0.627. The van der Waals surface area contributed by atoms with Gasteiger partial charge in [0.1, 0.15) is 5.78 Å². The van der Waals surface area contributed by atoms with Crippen molar-refractivity contribution in [3.05, 3.63) is 0 Å². The Morgan fingerprint density at radius 1 is 1.55 bits per heavy atom. The largest absolute Gasteiger partial charge is 0.397 e. The number of carbonyl (C=O) groups is 1.